The molecule has 0 aliphatic carbocycles. The highest BCUT2D eigenvalue weighted by Crippen LogP contribution is 2.25. The van der Waals surface area contributed by atoms with Gasteiger partial charge in [0.05, 0.1) is 12.3 Å². The number of likely N-dealkylation sites (tertiary alicyclic amines) is 1. The maximum Gasteiger partial charge on any atom is 0.227 e. The van der Waals surface area contributed by atoms with Crippen molar-refractivity contribution in [1.82, 2.24) is 20.4 Å². The van der Waals surface area contributed by atoms with Crippen LogP contribution < -0.4 is 5.32 Å². The third-order valence-corrected chi connectivity index (χ3v) is 6.07. The number of nitrogens with one attached hydrogen (secondary N) is 1. The number of hydrogen-bond donors (Lipinski definition) is 1. The largest absolute Gasteiger partial charge is 0.468 e. The maximum atomic E-state index is 12.5. The molecule has 1 saturated heterocycles. The Morgan fingerprint density at radius 3 is 2.59 bits per heavy atom. The summed E-state index contributed by atoms with van der Waals surface area (Å²) >= 11 is 0. The van der Waals surface area contributed by atoms with Gasteiger partial charge < -0.3 is 14.3 Å². The molecule has 170 valence electrons. The van der Waals surface area contributed by atoms with E-state index in [0.717, 1.165) is 24.4 Å². The molecule has 1 aliphatic heterocycles. The molecule has 0 bridgehead atoms. The molecule has 1 fully saturated rings. The van der Waals surface area contributed by atoms with E-state index in [1.807, 2.05) is 24.3 Å². The van der Waals surface area contributed by atoms with Crippen molar-refractivity contribution in [3.8, 4) is 11.4 Å². The van der Waals surface area contributed by atoms with Gasteiger partial charge in [0, 0.05) is 24.9 Å². The van der Waals surface area contributed by atoms with Crippen molar-refractivity contribution in [3.05, 3.63) is 59.9 Å². The monoisotopic (exact) mass is 436 g/mol. The van der Waals surface area contributed by atoms with Crippen molar-refractivity contribution in [2.75, 3.05) is 19.6 Å². The molecule has 3 aromatic rings. The van der Waals surface area contributed by atoms with Crippen LogP contribution in [-0.4, -0.2) is 40.6 Å². The first kappa shape index (κ1) is 22.3. The van der Waals surface area contributed by atoms with Crippen molar-refractivity contribution in [2.45, 2.75) is 57.9 Å². The third kappa shape index (κ3) is 5.65. The number of piperidine rings is 1. The van der Waals surface area contributed by atoms with Gasteiger partial charge in [-0.15, -0.1) is 0 Å². The molecule has 1 aromatic carbocycles. The molecule has 7 nitrogen and oxygen atoms in total. The van der Waals surface area contributed by atoms with Crippen molar-refractivity contribution in [3.63, 3.8) is 0 Å². The summed E-state index contributed by atoms with van der Waals surface area (Å²) in [6.07, 6.45) is 6.05. The fourth-order valence-corrected chi connectivity index (χ4v) is 4.13. The molecule has 1 unspecified atom stereocenters. The van der Waals surface area contributed by atoms with Crippen LogP contribution in [0.25, 0.3) is 11.4 Å². The predicted molar refractivity (Wildman–Crippen MR) is 122 cm³/mol. The van der Waals surface area contributed by atoms with Gasteiger partial charge in [0.1, 0.15) is 5.76 Å². The minimum atomic E-state index is -0.0281. The van der Waals surface area contributed by atoms with Gasteiger partial charge in [0.25, 0.3) is 0 Å². The summed E-state index contributed by atoms with van der Waals surface area (Å²) in [5.41, 5.74) is 2.18. The van der Waals surface area contributed by atoms with E-state index in [1.165, 1.54) is 24.8 Å². The molecule has 1 aliphatic rings. The minimum absolute atomic E-state index is 0.0281. The average molecular weight is 437 g/mol. The summed E-state index contributed by atoms with van der Waals surface area (Å²) in [6.45, 7) is 6.92. The fraction of sp³-hybridized carbons (Fsp3) is 0.480. The Morgan fingerprint density at radius 2 is 1.91 bits per heavy atom. The van der Waals surface area contributed by atoms with Gasteiger partial charge in [-0.25, -0.2) is 0 Å². The predicted octanol–water partition coefficient (Wildman–Crippen LogP) is 4.73. The summed E-state index contributed by atoms with van der Waals surface area (Å²) in [5.74, 6) is 2.38. The molecule has 1 amide bonds. The van der Waals surface area contributed by atoms with Crippen molar-refractivity contribution >= 4 is 5.91 Å². The molecule has 2 aromatic heterocycles. The fourth-order valence-electron chi connectivity index (χ4n) is 4.13. The number of benzene rings is 1. The standard InChI is InChI=1S/C25H32N4O3/c1-18(2)19-8-10-20(11-9-19)25-27-24(32-28-25)13-12-23(30)26-17-21(22-7-6-16-31-22)29-14-4-3-5-15-29/h6-11,16,18,21H,3-5,12-15,17H2,1-2H3,(H,26,30). The first-order valence-electron chi connectivity index (χ1n) is 11.6. The van der Waals surface area contributed by atoms with Crippen LogP contribution in [0.1, 0.15) is 68.7 Å². The Bertz CT molecular complexity index is 973. The van der Waals surface area contributed by atoms with Crippen LogP contribution in [-0.2, 0) is 11.2 Å². The van der Waals surface area contributed by atoms with Crippen molar-refractivity contribution in [2.24, 2.45) is 0 Å². The van der Waals surface area contributed by atoms with E-state index in [2.05, 4.69) is 46.3 Å². The van der Waals surface area contributed by atoms with Gasteiger partial charge in [-0.3, -0.25) is 9.69 Å². The molecule has 7 heteroatoms. The Labute approximate surface area is 189 Å². The molecule has 4 rings (SSSR count). The number of rotatable bonds is 9. The summed E-state index contributed by atoms with van der Waals surface area (Å²) in [5, 5.41) is 7.13. The lowest BCUT2D eigenvalue weighted by molar-refractivity contribution is -0.121. The van der Waals surface area contributed by atoms with E-state index >= 15 is 0 Å². The second kappa shape index (κ2) is 10.6. The normalized spacial score (nSPS) is 15.7. The third-order valence-electron chi connectivity index (χ3n) is 6.07. The van der Waals surface area contributed by atoms with Gasteiger partial charge in [-0.2, -0.15) is 4.98 Å². The van der Waals surface area contributed by atoms with Crippen LogP contribution in [0.15, 0.2) is 51.6 Å². The zero-order valence-corrected chi connectivity index (χ0v) is 18.9. The molecule has 1 N–H and O–H groups in total. The summed E-state index contributed by atoms with van der Waals surface area (Å²) in [4.78, 5) is 19.4. The van der Waals surface area contributed by atoms with Crippen LogP contribution in [0, 0.1) is 0 Å². The molecule has 32 heavy (non-hydrogen) atoms. The maximum absolute atomic E-state index is 12.5. The summed E-state index contributed by atoms with van der Waals surface area (Å²) in [7, 11) is 0. The Balaban J connectivity index is 1.29. The quantitative estimate of drug-likeness (QED) is 0.522. The topological polar surface area (TPSA) is 84.4 Å². The first-order valence-corrected chi connectivity index (χ1v) is 11.6. The highest BCUT2D eigenvalue weighted by Gasteiger charge is 2.25. The number of nitrogens with zero attached hydrogens (tertiary/aromatic N) is 3. The van der Waals surface area contributed by atoms with Crippen LogP contribution in [0.5, 0.6) is 0 Å². The lowest BCUT2D eigenvalue weighted by Crippen LogP contribution is -2.40. The van der Waals surface area contributed by atoms with Gasteiger partial charge in [-0.05, 0) is 49.5 Å². The lowest BCUT2D eigenvalue weighted by Gasteiger charge is -2.33. The molecule has 0 radical (unpaired) electrons. The van der Waals surface area contributed by atoms with E-state index in [1.54, 1.807) is 6.26 Å². The molecule has 3 heterocycles. The lowest BCUT2D eigenvalue weighted by atomic mass is 10.0. The van der Waals surface area contributed by atoms with E-state index in [-0.39, 0.29) is 11.9 Å². The SMILES string of the molecule is CC(C)c1ccc(-c2noc(CCC(=O)NCC(c3ccco3)N3CCCCC3)n2)cc1. The zero-order chi connectivity index (χ0) is 22.3. The van der Waals surface area contributed by atoms with Crippen molar-refractivity contribution in [1.29, 1.82) is 0 Å². The number of aryl methyl sites for hydroxylation is 1. The minimum Gasteiger partial charge on any atom is -0.468 e. The van der Waals surface area contributed by atoms with Crippen molar-refractivity contribution < 1.29 is 13.7 Å². The number of furan rings is 1. The Morgan fingerprint density at radius 1 is 1.12 bits per heavy atom. The van der Waals surface area contributed by atoms with Gasteiger partial charge >= 0.3 is 0 Å². The summed E-state index contributed by atoms with van der Waals surface area (Å²) < 4.78 is 11.0. The number of hydrogen-bond acceptors (Lipinski definition) is 6. The van der Waals surface area contributed by atoms with E-state index in [4.69, 9.17) is 8.94 Å². The first-order chi connectivity index (χ1) is 15.6. The number of carbonyl (C=O) groups excluding carboxylic acids is 1. The molecule has 0 saturated carbocycles. The van der Waals surface area contributed by atoms with Gasteiger partial charge in [0.15, 0.2) is 0 Å². The molecule has 0 spiro atoms. The number of aromatic nitrogens is 2. The molecule has 1 atom stereocenters. The van der Waals surface area contributed by atoms with Crippen LogP contribution in [0.2, 0.25) is 0 Å². The Kier molecular flexibility index (Phi) is 7.37. The van der Waals surface area contributed by atoms with Crippen LogP contribution >= 0.6 is 0 Å². The van der Waals surface area contributed by atoms with Crippen LogP contribution in [0.4, 0.5) is 0 Å². The molecular weight excluding hydrogens is 404 g/mol. The van der Waals surface area contributed by atoms with Crippen LogP contribution in [0.3, 0.4) is 0 Å². The summed E-state index contributed by atoms with van der Waals surface area (Å²) in [6, 6.07) is 12.1. The smallest absolute Gasteiger partial charge is 0.227 e. The zero-order valence-electron chi connectivity index (χ0n) is 18.9. The number of amides is 1. The highest BCUT2D eigenvalue weighted by atomic mass is 16.5. The van der Waals surface area contributed by atoms with Gasteiger partial charge in [0.2, 0.25) is 17.6 Å². The molecular formula is C25H32N4O3. The van der Waals surface area contributed by atoms with E-state index in [0.29, 0.717) is 37.0 Å². The van der Waals surface area contributed by atoms with Gasteiger partial charge in [-0.1, -0.05) is 49.7 Å². The highest BCUT2D eigenvalue weighted by molar-refractivity contribution is 5.76. The second-order valence-corrected chi connectivity index (χ2v) is 8.72. The van der Waals surface area contributed by atoms with E-state index < -0.39 is 0 Å². The average Bonchev–Trinajstić information content (AvgIpc) is 3.51. The number of carbonyl (C=O) groups is 1. The second-order valence-electron chi connectivity index (χ2n) is 8.72. The van der Waals surface area contributed by atoms with E-state index in [9.17, 15) is 4.79 Å². The Hall–Kier alpha value is -2.93.